The molecule has 0 saturated carbocycles. The summed E-state index contributed by atoms with van der Waals surface area (Å²) in [7, 11) is 0. The standard InChI is InChI=1S/C22H19F3N2O3/c23-22(24,25)20-8-7-16(14-27-20)30-21-18(5-3-11-26-21)17-4-1-2-6-19(17)29-15-9-12-28-13-10-15/h1-8,11,14-15H,9-10,12-13H2. The van der Waals surface area contributed by atoms with Crippen LogP contribution in [-0.4, -0.2) is 29.3 Å². The Bertz CT molecular complexity index is 987. The highest BCUT2D eigenvalue weighted by Crippen LogP contribution is 2.38. The van der Waals surface area contributed by atoms with Crippen LogP contribution in [0.2, 0.25) is 0 Å². The zero-order chi connectivity index (χ0) is 21.0. The van der Waals surface area contributed by atoms with Gasteiger partial charge in [0.1, 0.15) is 23.3 Å². The Morgan fingerprint density at radius 2 is 1.67 bits per heavy atom. The van der Waals surface area contributed by atoms with Crippen molar-refractivity contribution >= 4 is 0 Å². The zero-order valence-electron chi connectivity index (χ0n) is 15.9. The number of halogens is 3. The lowest BCUT2D eigenvalue weighted by atomic mass is 10.1. The van der Waals surface area contributed by atoms with Crippen molar-refractivity contribution in [1.29, 1.82) is 0 Å². The second-order valence-electron chi connectivity index (χ2n) is 6.76. The summed E-state index contributed by atoms with van der Waals surface area (Å²) in [6.45, 7) is 1.32. The van der Waals surface area contributed by atoms with E-state index >= 15 is 0 Å². The van der Waals surface area contributed by atoms with E-state index in [0.29, 0.717) is 24.5 Å². The first-order valence-corrected chi connectivity index (χ1v) is 9.50. The lowest BCUT2D eigenvalue weighted by Crippen LogP contribution is -2.26. The third-order valence-electron chi connectivity index (χ3n) is 4.65. The molecule has 5 nitrogen and oxygen atoms in total. The number of hydrogen-bond acceptors (Lipinski definition) is 5. The van der Waals surface area contributed by atoms with E-state index in [1.54, 1.807) is 12.3 Å². The van der Waals surface area contributed by atoms with Gasteiger partial charge in [-0.25, -0.2) is 9.97 Å². The van der Waals surface area contributed by atoms with Crippen LogP contribution in [0.15, 0.2) is 60.9 Å². The summed E-state index contributed by atoms with van der Waals surface area (Å²) >= 11 is 0. The molecule has 0 atom stereocenters. The highest BCUT2D eigenvalue weighted by Gasteiger charge is 2.32. The molecule has 3 heterocycles. The Kier molecular flexibility index (Phi) is 5.85. The van der Waals surface area contributed by atoms with Crippen molar-refractivity contribution in [1.82, 2.24) is 9.97 Å². The van der Waals surface area contributed by atoms with Gasteiger partial charge in [-0.1, -0.05) is 18.2 Å². The Labute approximate surface area is 171 Å². The van der Waals surface area contributed by atoms with E-state index in [-0.39, 0.29) is 17.7 Å². The van der Waals surface area contributed by atoms with E-state index in [0.717, 1.165) is 30.7 Å². The first-order valence-electron chi connectivity index (χ1n) is 9.50. The van der Waals surface area contributed by atoms with Crippen molar-refractivity contribution in [2.24, 2.45) is 0 Å². The monoisotopic (exact) mass is 416 g/mol. The minimum Gasteiger partial charge on any atom is -0.490 e. The molecule has 1 saturated heterocycles. The highest BCUT2D eigenvalue weighted by atomic mass is 19.4. The highest BCUT2D eigenvalue weighted by molar-refractivity contribution is 5.74. The van der Waals surface area contributed by atoms with E-state index in [9.17, 15) is 13.2 Å². The van der Waals surface area contributed by atoms with Crippen LogP contribution in [0.25, 0.3) is 11.1 Å². The van der Waals surface area contributed by atoms with Gasteiger partial charge in [-0.05, 0) is 30.3 Å². The fourth-order valence-corrected chi connectivity index (χ4v) is 3.16. The van der Waals surface area contributed by atoms with Crippen LogP contribution >= 0.6 is 0 Å². The van der Waals surface area contributed by atoms with Crippen LogP contribution in [0.5, 0.6) is 17.4 Å². The number of benzene rings is 1. The number of hydrogen-bond donors (Lipinski definition) is 0. The summed E-state index contributed by atoms with van der Waals surface area (Å²) in [6.07, 6.45) is -0.247. The van der Waals surface area contributed by atoms with Crippen LogP contribution in [0.1, 0.15) is 18.5 Å². The van der Waals surface area contributed by atoms with E-state index < -0.39 is 11.9 Å². The molecular formula is C22H19F3N2O3. The van der Waals surface area contributed by atoms with Crippen LogP contribution in [0, 0.1) is 0 Å². The molecule has 0 radical (unpaired) electrons. The van der Waals surface area contributed by atoms with E-state index in [1.807, 2.05) is 30.3 Å². The molecule has 156 valence electrons. The summed E-state index contributed by atoms with van der Waals surface area (Å²) < 4.78 is 55.5. The summed E-state index contributed by atoms with van der Waals surface area (Å²) in [5.41, 5.74) is 0.471. The Hall–Kier alpha value is -3.13. The SMILES string of the molecule is FC(F)(F)c1ccc(Oc2ncccc2-c2ccccc2OC2CCOCC2)cn1. The first-order chi connectivity index (χ1) is 14.5. The predicted molar refractivity (Wildman–Crippen MR) is 103 cm³/mol. The average Bonchev–Trinajstić information content (AvgIpc) is 2.75. The van der Waals surface area contributed by atoms with Gasteiger partial charge in [0.2, 0.25) is 5.88 Å². The predicted octanol–water partition coefficient (Wildman–Crippen LogP) is 5.51. The van der Waals surface area contributed by atoms with Crippen molar-refractivity contribution < 1.29 is 27.4 Å². The summed E-state index contributed by atoms with van der Waals surface area (Å²) in [5.74, 6) is 1.10. The van der Waals surface area contributed by atoms with E-state index in [1.165, 1.54) is 6.07 Å². The first kappa shape index (κ1) is 20.2. The molecule has 0 amide bonds. The van der Waals surface area contributed by atoms with Gasteiger partial charge in [-0.15, -0.1) is 0 Å². The maximum Gasteiger partial charge on any atom is 0.433 e. The Morgan fingerprint density at radius 3 is 2.40 bits per heavy atom. The van der Waals surface area contributed by atoms with Gasteiger partial charge in [0.05, 0.1) is 19.4 Å². The number of aromatic nitrogens is 2. The van der Waals surface area contributed by atoms with Crippen molar-refractivity contribution in [2.45, 2.75) is 25.1 Å². The summed E-state index contributed by atoms with van der Waals surface area (Å²) in [6, 6.07) is 13.2. The molecule has 2 aromatic heterocycles. The molecule has 4 rings (SSSR count). The topological polar surface area (TPSA) is 53.5 Å². The molecule has 30 heavy (non-hydrogen) atoms. The van der Waals surface area contributed by atoms with Gasteiger partial charge in [-0.3, -0.25) is 0 Å². The van der Waals surface area contributed by atoms with Crippen molar-refractivity contribution in [3.8, 4) is 28.5 Å². The van der Waals surface area contributed by atoms with Crippen LogP contribution in [-0.2, 0) is 10.9 Å². The molecule has 0 bridgehead atoms. The Morgan fingerprint density at radius 1 is 0.900 bits per heavy atom. The number of ether oxygens (including phenoxy) is 3. The third-order valence-corrected chi connectivity index (χ3v) is 4.65. The van der Waals surface area contributed by atoms with Crippen LogP contribution in [0.4, 0.5) is 13.2 Å². The molecule has 0 unspecified atom stereocenters. The van der Waals surface area contributed by atoms with Gasteiger partial charge in [0.15, 0.2) is 0 Å². The van der Waals surface area contributed by atoms with Crippen molar-refractivity contribution in [3.63, 3.8) is 0 Å². The molecule has 1 aliphatic heterocycles. The maximum atomic E-state index is 12.7. The number of rotatable bonds is 5. The van der Waals surface area contributed by atoms with E-state index in [4.69, 9.17) is 14.2 Å². The smallest absolute Gasteiger partial charge is 0.433 e. The van der Waals surface area contributed by atoms with Crippen LogP contribution < -0.4 is 9.47 Å². The molecule has 1 aromatic carbocycles. The zero-order valence-corrected chi connectivity index (χ0v) is 15.9. The number of alkyl halides is 3. The van der Waals surface area contributed by atoms with Gasteiger partial charge >= 0.3 is 6.18 Å². The Balaban J connectivity index is 1.61. The fraction of sp³-hybridized carbons (Fsp3) is 0.273. The molecule has 0 aliphatic carbocycles. The second-order valence-corrected chi connectivity index (χ2v) is 6.76. The molecular weight excluding hydrogens is 397 g/mol. The largest absolute Gasteiger partial charge is 0.490 e. The van der Waals surface area contributed by atoms with Crippen molar-refractivity contribution in [2.75, 3.05) is 13.2 Å². The summed E-state index contributed by atoms with van der Waals surface area (Å²) in [5, 5.41) is 0. The fourth-order valence-electron chi connectivity index (χ4n) is 3.16. The quantitative estimate of drug-likeness (QED) is 0.549. The van der Waals surface area contributed by atoms with Gasteiger partial charge in [-0.2, -0.15) is 13.2 Å². The number of nitrogens with zero attached hydrogens (tertiary/aromatic N) is 2. The van der Waals surface area contributed by atoms with Crippen molar-refractivity contribution in [3.05, 3.63) is 66.6 Å². The van der Waals surface area contributed by atoms with Gasteiger partial charge < -0.3 is 14.2 Å². The minimum atomic E-state index is -4.50. The molecule has 1 aliphatic rings. The van der Waals surface area contributed by atoms with Gasteiger partial charge in [0, 0.05) is 30.2 Å². The lowest BCUT2D eigenvalue weighted by molar-refractivity contribution is -0.141. The van der Waals surface area contributed by atoms with Crippen LogP contribution in [0.3, 0.4) is 0 Å². The number of pyridine rings is 2. The normalized spacial score (nSPS) is 15.0. The lowest BCUT2D eigenvalue weighted by Gasteiger charge is -2.24. The average molecular weight is 416 g/mol. The summed E-state index contributed by atoms with van der Waals surface area (Å²) in [4.78, 5) is 7.69. The minimum absolute atomic E-state index is 0.0556. The van der Waals surface area contributed by atoms with E-state index in [2.05, 4.69) is 9.97 Å². The molecule has 3 aromatic rings. The maximum absolute atomic E-state index is 12.7. The molecule has 0 N–H and O–H groups in total. The van der Waals surface area contributed by atoms with Gasteiger partial charge in [0.25, 0.3) is 0 Å². The molecule has 8 heteroatoms. The molecule has 0 spiro atoms. The third kappa shape index (κ3) is 4.71. The number of para-hydroxylation sites is 1. The molecule has 1 fully saturated rings. The second kappa shape index (κ2) is 8.71.